The number of carbonyl (C=O) groups is 6. The number of alkyl halides is 6. The van der Waals surface area contributed by atoms with Gasteiger partial charge in [-0.15, -0.1) is 0 Å². The molecule has 0 aliphatic carbocycles. The average Bonchev–Trinajstić information content (AvgIpc) is 3.28. The van der Waals surface area contributed by atoms with Crippen molar-refractivity contribution in [3.05, 3.63) is 138 Å². The van der Waals surface area contributed by atoms with Gasteiger partial charge in [0.15, 0.2) is 11.6 Å². The van der Waals surface area contributed by atoms with Gasteiger partial charge in [0.25, 0.3) is 23.6 Å². The number of rotatable bonds is 16. The SMILES string of the molecule is CCc1c(NC(=O)C(N=Nc2cc(C(=O)Nc3cccc(C(F)(F)F)c3Cl)ccc2Cl)C(C)=O)ccc(NC(=O)C(N=Nc2cc(C(=O)Nc3cccc(C(F)(F)F)c3Cl)ccc2Cl)C(C)=O)c1CC. The van der Waals surface area contributed by atoms with E-state index in [0.29, 0.717) is 11.1 Å². The summed E-state index contributed by atoms with van der Waals surface area (Å²) in [6.45, 7) is 5.66. The Morgan fingerprint density at radius 1 is 0.514 bits per heavy atom. The summed E-state index contributed by atoms with van der Waals surface area (Å²) in [7, 11) is 0. The number of benzene rings is 5. The Kier molecular flexibility index (Phi) is 17.6. The molecule has 0 aliphatic rings. The summed E-state index contributed by atoms with van der Waals surface area (Å²) in [4.78, 5) is 78.7. The second-order valence-electron chi connectivity index (χ2n) is 14.8. The van der Waals surface area contributed by atoms with E-state index < -0.39 is 80.8 Å². The van der Waals surface area contributed by atoms with Gasteiger partial charge in [-0.05, 0) is 111 Å². The van der Waals surface area contributed by atoms with Crippen LogP contribution < -0.4 is 21.3 Å². The molecule has 0 radical (unpaired) electrons. The summed E-state index contributed by atoms with van der Waals surface area (Å²) in [5.74, 6) is -5.12. The van der Waals surface area contributed by atoms with Crippen LogP contribution in [0.15, 0.2) is 105 Å². The predicted octanol–water partition coefficient (Wildman–Crippen LogP) is 13.3. The van der Waals surface area contributed by atoms with Crippen LogP contribution >= 0.6 is 46.4 Å². The molecule has 5 aromatic rings. The maximum Gasteiger partial charge on any atom is 0.417 e. The Bertz CT molecular complexity index is 2770. The van der Waals surface area contributed by atoms with Crippen molar-refractivity contribution in [1.29, 1.82) is 0 Å². The number of carbonyl (C=O) groups excluding carboxylic acids is 6. The van der Waals surface area contributed by atoms with E-state index in [2.05, 4.69) is 41.7 Å². The van der Waals surface area contributed by atoms with Gasteiger partial charge in [0.1, 0.15) is 11.4 Å². The van der Waals surface area contributed by atoms with Gasteiger partial charge >= 0.3 is 12.4 Å². The number of hydrogen-bond donors (Lipinski definition) is 4. The molecule has 2 unspecified atom stereocenters. The third kappa shape index (κ3) is 13.1. The number of halogens is 10. The van der Waals surface area contributed by atoms with Crippen molar-refractivity contribution in [3.8, 4) is 0 Å². The minimum atomic E-state index is -4.79. The molecule has 366 valence electrons. The van der Waals surface area contributed by atoms with Gasteiger partial charge in [0.2, 0.25) is 12.1 Å². The fraction of sp³-hybridized carbons (Fsp3) is 0.217. The van der Waals surface area contributed by atoms with Crippen molar-refractivity contribution in [3.63, 3.8) is 0 Å². The largest absolute Gasteiger partial charge is 0.417 e. The highest BCUT2D eigenvalue weighted by Crippen LogP contribution is 2.40. The standard InChI is InChI=1S/C46H36Cl4F6N8O6/c1-5-25-26(6-2)32(58-44(70)40(22(4)66)64-62-36-20-24(14-16-30(36)48)42(68)60-34-12-8-10-28(38(34)50)46(54,55)56)18-17-31(25)57-43(69)39(21(3)65)63-61-35-19-23(13-15-29(35)47)41(67)59-33-11-7-9-27(37(33)49)45(51,52)53/h7-20,39-40H,5-6H2,1-4H3,(H,57,69)(H,58,70)(H,59,67)(H,60,68). The number of nitrogens with one attached hydrogen (secondary N) is 4. The quantitative estimate of drug-likeness (QED) is 0.0430. The van der Waals surface area contributed by atoms with E-state index in [-0.39, 0.29) is 68.1 Å². The first-order valence-corrected chi connectivity index (χ1v) is 21.9. The van der Waals surface area contributed by atoms with Crippen LogP contribution in [0.2, 0.25) is 20.1 Å². The van der Waals surface area contributed by atoms with Gasteiger partial charge in [-0.2, -0.15) is 46.8 Å². The molecule has 0 spiro atoms. The number of nitrogens with zero attached hydrogens (tertiary/aromatic N) is 4. The number of anilines is 4. The number of amides is 4. The molecule has 5 aromatic carbocycles. The maximum absolute atomic E-state index is 13.6. The molecule has 0 fully saturated rings. The first-order chi connectivity index (χ1) is 32.9. The van der Waals surface area contributed by atoms with Crippen LogP contribution in [0.3, 0.4) is 0 Å². The van der Waals surface area contributed by atoms with Crippen LogP contribution in [-0.2, 0) is 44.4 Å². The lowest BCUT2D eigenvalue weighted by Gasteiger charge is -2.20. The van der Waals surface area contributed by atoms with E-state index >= 15 is 0 Å². The van der Waals surface area contributed by atoms with Crippen LogP contribution in [0.25, 0.3) is 0 Å². The van der Waals surface area contributed by atoms with Crippen molar-refractivity contribution in [2.75, 3.05) is 21.3 Å². The third-order valence-corrected chi connectivity index (χ3v) is 11.5. The lowest BCUT2D eigenvalue weighted by atomic mass is 9.98. The molecule has 0 aromatic heterocycles. The van der Waals surface area contributed by atoms with Gasteiger partial charge in [-0.1, -0.05) is 72.4 Å². The second-order valence-corrected chi connectivity index (χ2v) is 16.4. The van der Waals surface area contributed by atoms with E-state index in [0.717, 1.165) is 50.2 Å². The van der Waals surface area contributed by atoms with Crippen molar-refractivity contribution >= 4 is 116 Å². The van der Waals surface area contributed by atoms with Crippen LogP contribution in [0, 0.1) is 0 Å². The highest BCUT2D eigenvalue weighted by molar-refractivity contribution is 6.36. The van der Waals surface area contributed by atoms with Gasteiger partial charge in [-0.3, -0.25) is 28.8 Å². The molecule has 0 bridgehead atoms. The monoisotopic (exact) mass is 1050 g/mol. The van der Waals surface area contributed by atoms with E-state index in [9.17, 15) is 55.1 Å². The topological polar surface area (TPSA) is 200 Å². The molecule has 2 atom stereocenters. The minimum Gasteiger partial charge on any atom is -0.323 e. The lowest BCUT2D eigenvalue weighted by molar-refractivity contribution is -0.138. The lowest BCUT2D eigenvalue weighted by Crippen LogP contribution is -2.33. The Morgan fingerprint density at radius 2 is 0.871 bits per heavy atom. The van der Waals surface area contributed by atoms with Crippen LogP contribution in [0.4, 0.5) is 60.5 Å². The predicted molar refractivity (Wildman–Crippen MR) is 252 cm³/mol. The molecule has 0 saturated heterocycles. The number of azo groups is 2. The Balaban J connectivity index is 1.32. The molecule has 0 heterocycles. The van der Waals surface area contributed by atoms with E-state index in [1.54, 1.807) is 13.8 Å². The molecule has 5 rings (SSSR count). The fourth-order valence-electron chi connectivity index (χ4n) is 6.56. The second kappa shape index (κ2) is 22.8. The normalized spacial score (nSPS) is 12.7. The molecule has 0 saturated carbocycles. The zero-order chi connectivity index (χ0) is 51.8. The molecule has 14 nitrogen and oxygen atoms in total. The fourth-order valence-corrected chi connectivity index (χ4v) is 7.43. The summed E-state index contributed by atoms with van der Waals surface area (Å²) in [5, 5.41) is 24.0. The molecular weight excluding hydrogens is 1020 g/mol. The van der Waals surface area contributed by atoms with Gasteiger partial charge < -0.3 is 21.3 Å². The number of Topliss-reactive ketones (excluding diaryl/α,β-unsaturated/α-hetero) is 2. The molecular formula is C46H36Cl4F6N8O6. The minimum absolute atomic E-state index is 0.0595. The summed E-state index contributed by atoms with van der Waals surface area (Å²) in [5.41, 5.74) is -2.10. The van der Waals surface area contributed by atoms with Gasteiger partial charge in [-0.25, -0.2) is 0 Å². The van der Waals surface area contributed by atoms with Gasteiger partial charge in [0.05, 0.1) is 42.6 Å². The first kappa shape index (κ1) is 54.2. The van der Waals surface area contributed by atoms with Crippen molar-refractivity contribution in [2.45, 2.75) is 65.0 Å². The highest BCUT2D eigenvalue weighted by Gasteiger charge is 2.35. The zero-order valence-electron chi connectivity index (χ0n) is 36.7. The zero-order valence-corrected chi connectivity index (χ0v) is 39.7. The molecule has 4 N–H and O–H groups in total. The van der Waals surface area contributed by atoms with Crippen LogP contribution in [-0.4, -0.2) is 47.3 Å². The van der Waals surface area contributed by atoms with Crippen LogP contribution in [0.1, 0.15) is 70.7 Å². The average molecular weight is 1050 g/mol. The summed E-state index contributed by atoms with van der Waals surface area (Å²) in [6.07, 6.45) is -9.01. The van der Waals surface area contributed by atoms with Crippen molar-refractivity contribution in [2.24, 2.45) is 20.5 Å². The van der Waals surface area contributed by atoms with E-state index in [1.165, 1.54) is 48.5 Å². The first-order valence-electron chi connectivity index (χ1n) is 20.4. The van der Waals surface area contributed by atoms with E-state index in [4.69, 9.17) is 46.4 Å². The summed E-state index contributed by atoms with van der Waals surface area (Å²) >= 11 is 24.4. The van der Waals surface area contributed by atoms with Crippen molar-refractivity contribution < 1.29 is 55.1 Å². The van der Waals surface area contributed by atoms with Gasteiger partial charge in [0, 0.05) is 22.5 Å². The Morgan fingerprint density at radius 3 is 1.19 bits per heavy atom. The highest BCUT2D eigenvalue weighted by atomic mass is 35.5. The Hall–Kier alpha value is -6.74. The molecule has 0 aliphatic heterocycles. The van der Waals surface area contributed by atoms with Crippen molar-refractivity contribution in [1.82, 2.24) is 0 Å². The third-order valence-electron chi connectivity index (χ3n) is 10.0. The molecule has 70 heavy (non-hydrogen) atoms. The maximum atomic E-state index is 13.6. The number of hydrogen-bond acceptors (Lipinski definition) is 10. The number of ketones is 2. The summed E-state index contributed by atoms with van der Waals surface area (Å²) in [6, 6.07) is 12.6. The molecule has 24 heteroatoms. The van der Waals surface area contributed by atoms with E-state index in [1.807, 2.05) is 0 Å². The van der Waals surface area contributed by atoms with Crippen LogP contribution in [0.5, 0.6) is 0 Å². The summed E-state index contributed by atoms with van der Waals surface area (Å²) < 4.78 is 80.2. The molecule has 4 amide bonds. The smallest absolute Gasteiger partial charge is 0.323 e. The Labute approximate surface area is 414 Å².